The van der Waals surface area contributed by atoms with Crippen LogP contribution in [-0.4, -0.2) is 25.5 Å². The molecular formula is C11H18N2O. The smallest absolute Gasteiger partial charge is 0.0571 e. The van der Waals surface area contributed by atoms with Crippen molar-refractivity contribution in [2.24, 2.45) is 10.9 Å². The van der Waals surface area contributed by atoms with Crippen LogP contribution < -0.4 is 5.32 Å². The third-order valence-corrected chi connectivity index (χ3v) is 3.19. The largest absolute Gasteiger partial charge is 0.384 e. The third kappa shape index (κ3) is 2.15. The summed E-state index contributed by atoms with van der Waals surface area (Å²) in [6.07, 6.45) is 9.08. The first kappa shape index (κ1) is 9.71. The SMILES string of the molecule is CO[C@H]1CC[C@H](C2=NC=CNC2)CC1. The minimum absolute atomic E-state index is 0.485. The molecule has 3 heteroatoms. The molecule has 1 fully saturated rings. The van der Waals surface area contributed by atoms with E-state index in [0.717, 1.165) is 6.54 Å². The van der Waals surface area contributed by atoms with Crippen molar-refractivity contribution in [3.63, 3.8) is 0 Å². The van der Waals surface area contributed by atoms with Gasteiger partial charge in [0.2, 0.25) is 0 Å². The minimum Gasteiger partial charge on any atom is -0.384 e. The standard InChI is InChI=1S/C11H18N2O/c1-14-10-4-2-9(3-5-10)11-8-12-6-7-13-11/h6-7,9-10,12H,2-5,8H2,1H3/t9-,10-. The lowest BCUT2D eigenvalue weighted by atomic mass is 9.84. The second-order valence-electron chi connectivity index (χ2n) is 4.03. The molecule has 0 spiro atoms. The Morgan fingerprint density at radius 3 is 2.71 bits per heavy atom. The summed E-state index contributed by atoms with van der Waals surface area (Å²) in [6, 6.07) is 0. The lowest BCUT2D eigenvalue weighted by Crippen LogP contribution is -2.32. The van der Waals surface area contributed by atoms with Gasteiger partial charge in [0.05, 0.1) is 12.6 Å². The van der Waals surface area contributed by atoms with E-state index in [-0.39, 0.29) is 0 Å². The Morgan fingerprint density at radius 1 is 1.36 bits per heavy atom. The Morgan fingerprint density at radius 2 is 2.14 bits per heavy atom. The highest BCUT2D eigenvalue weighted by Crippen LogP contribution is 2.27. The van der Waals surface area contributed by atoms with Crippen LogP contribution in [0.4, 0.5) is 0 Å². The maximum absolute atomic E-state index is 5.36. The van der Waals surface area contributed by atoms with Crippen molar-refractivity contribution in [3.05, 3.63) is 12.4 Å². The van der Waals surface area contributed by atoms with Gasteiger partial charge in [-0.25, -0.2) is 0 Å². The van der Waals surface area contributed by atoms with Gasteiger partial charge < -0.3 is 10.1 Å². The average molecular weight is 194 g/mol. The van der Waals surface area contributed by atoms with Gasteiger partial charge in [-0.1, -0.05) is 0 Å². The average Bonchev–Trinajstić information content (AvgIpc) is 2.30. The Kier molecular flexibility index (Phi) is 3.19. The number of nitrogens with zero attached hydrogens (tertiary/aromatic N) is 1. The van der Waals surface area contributed by atoms with Gasteiger partial charge in [-0.3, -0.25) is 4.99 Å². The zero-order valence-electron chi connectivity index (χ0n) is 8.70. The van der Waals surface area contributed by atoms with E-state index in [1.807, 2.05) is 19.5 Å². The van der Waals surface area contributed by atoms with E-state index >= 15 is 0 Å². The molecule has 1 heterocycles. The summed E-state index contributed by atoms with van der Waals surface area (Å²) in [5, 5.41) is 3.21. The molecule has 1 saturated carbocycles. The number of hydrogen-bond acceptors (Lipinski definition) is 3. The van der Waals surface area contributed by atoms with Gasteiger partial charge in [-0.15, -0.1) is 0 Å². The van der Waals surface area contributed by atoms with Crippen LogP contribution in [0, 0.1) is 5.92 Å². The van der Waals surface area contributed by atoms with Crippen LogP contribution in [0.5, 0.6) is 0 Å². The number of nitrogens with one attached hydrogen (secondary N) is 1. The number of rotatable bonds is 2. The number of aliphatic imine (C=N–C) groups is 1. The van der Waals surface area contributed by atoms with Crippen LogP contribution >= 0.6 is 0 Å². The van der Waals surface area contributed by atoms with Gasteiger partial charge in [-0.2, -0.15) is 0 Å². The summed E-state index contributed by atoms with van der Waals surface area (Å²) < 4.78 is 5.36. The summed E-state index contributed by atoms with van der Waals surface area (Å²) in [4.78, 5) is 4.44. The van der Waals surface area contributed by atoms with Crippen molar-refractivity contribution in [3.8, 4) is 0 Å². The number of ether oxygens (including phenoxy) is 1. The third-order valence-electron chi connectivity index (χ3n) is 3.19. The van der Waals surface area contributed by atoms with Crippen LogP contribution in [0.25, 0.3) is 0 Å². The number of hydrogen-bond donors (Lipinski definition) is 1. The molecule has 0 aromatic heterocycles. The fraction of sp³-hybridized carbons (Fsp3) is 0.727. The molecule has 0 radical (unpaired) electrons. The molecular weight excluding hydrogens is 176 g/mol. The Hall–Kier alpha value is -0.830. The van der Waals surface area contributed by atoms with Gasteiger partial charge in [0, 0.05) is 25.2 Å². The van der Waals surface area contributed by atoms with E-state index in [0.29, 0.717) is 12.0 Å². The lowest BCUT2D eigenvalue weighted by Gasteiger charge is -2.29. The van der Waals surface area contributed by atoms with Crippen LogP contribution in [0.15, 0.2) is 17.4 Å². The van der Waals surface area contributed by atoms with Crippen molar-refractivity contribution in [1.29, 1.82) is 0 Å². The van der Waals surface area contributed by atoms with Gasteiger partial charge >= 0.3 is 0 Å². The van der Waals surface area contributed by atoms with E-state index in [2.05, 4.69) is 10.3 Å². The van der Waals surface area contributed by atoms with E-state index in [1.54, 1.807) is 0 Å². The highest BCUT2D eigenvalue weighted by atomic mass is 16.5. The molecule has 14 heavy (non-hydrogen) atoms. The second kappa shape index (κ2) is 4.60. The van der Waals surface area contributed by atoms with E-state index in [1.165, 1.54) is 31.4 Å². The highest BCUT2D eigenvalue weighted by Gasteiger charge is 2.24. The van der Waals surface area contributed by atoms with Crippen LogP contribution in [-0.2, 0) is 4.74 Å². The molecule has 3 nitrogen and oxygen atoms in total. The molecule has 2 aliphatic rings. The van der Waals surface area contributed by atoms with Gasteiger partial charge in [0.15, 0.2) is 0 Å². The van der Waals surface area contributed by atoms with Crippen molar-refractivity contribution in [2.45, 2.75) is 31.8 Å². The molecule has 0 aromatic rings. The zero-order chi connectivity index (χ0) is 9.80. The fourth-order valence-corrected chi connectivity index (χ4v) is 2.28. The fourth-order valence-electron chi connectivity index (χ4n) is 2.28. The zero-order valence-corrected chi connectivity index (χ0v) is 8.70. The summed E-state index contributed by atoms with van der Waals surface area (Å²) >= 11 is 0. The van der Waals surface area contributed by atoms with Crippen molar-refractivity contribution >= 4 is 5.71 Å². The molecule has 1 N–H and O–H groups in total. The first-order valence-electron chi connectivity index (χ1n) is 5.38. The van der Waals surface area contributed by atoms with E-state index in [4.69, 9.17) is 4.74 Å². The van der Waals surface area contributed by atoms with E-state index in [9.17, 15) is 0 Å². The highest BCUT2D eigenvalue weighted by molar-refractivity contribution is 5.89. The van der Waals surface area contributed by atoms with Crippen LogP contribution in [0.2, 0.25) is 0 Å². The van der Waals surface area contributed by atoms with Crippen LogP contribution in [0.1, 0.15) is 25.7 Å². The normalized spacial score (nSPS) is 32.2. The maximum atomic E-state index is 5.36. The number of methoxy groups -OCH3 is 1. The molecule has 78 valence electrons. The quantitative estimate of drug-likeness (QED) is 0.726. The predicted molar refractivity (Wildman–Crippen MR) is 57.3 cm³/mol. The Bertz CT molecular complexity index is 240. The molecule has 1 aliphatic carbocycles. The summed E-state index contributed by atoms with van der Waals surface area (Å²) in [6.45, 7) is 0.929. The molecule has 2 rings (SSSR count). The molecule has 0 amide bonds. The first-order valence-corrected chi connectivity index (χ1v) is 5.38. The van der Waals surface area contributed by atoms with Crippen molar-refractivity contribution in [1.82, 2.24) is 5.32 Å². The lowest BCUT2D eigenvalue weighted by molar-refractivity contribution is 0.0645. The van der Waals surface area contributed by atoms with Gasteiger partial charge in [0.25, 0.3) is 0 Å². The first-order chi connectivity index (χ1) is 6.90. The molecule has 1 aliphatic heterocycles. The summed E-state index contributed by atoms with van der Waals surface area (Å²) in [7, 11) is 1.81. The van der Waals surface area contributed by atoms with Gasteiger partial charge in [-0.05, 0) is 31.6 Å². The second-order valence-corrected chi connectivity index (χ2v) is 4.03. The molecule has 0 atom stereocenters. The molecule has 0 saturated heterocycles. The van der Waals surface area contributed by atoms with Crippen molar-refractivity contribution in [2.75, 3.05) is 13.7 Å². The molecule has 0 bridgehead atoms. The van der Waals surface area contributed by atoms with Crippen LogP contribution in [0.3, 0.4) is 0 Å². The topological polar surface area (TPSA) is 33.6 Å². The molecule has 0 aromatic carbocycles. The minimum atomic E-state index is 0.485. The van der Waals surface area contributed by atoms with Gasteiger partial charge in [0.1, 0.15) is 0 Å². The Balaban J connectivity index is 1.88. The Labute approximate surface area is 85.2 Å². The summed E-state index contributed by atoms with van der Waals surface area (Å²) in [5.41, 5.74) is 1.32. The van der Waals surface area contributed by atoms with Crippen molar-refractivity contribution < 1.29 is 4.74 Å². The predicted octanol–water partition coefficient (Wildman–Crippen LogP) is 1.71. The molecule has 0 unspecified atom stereocenters. The summed E-state index contributed by atoms with van der Waals surface area (Å²) in [5.74, 6) is 0.679. The van der Waals surface area contributed by atoms with E-state index < -0.39 is 0 Å². The monoisotopic (exact) mass is 194 g/mol. The maximum Gasteiger partial charge on any atom is 0.0571 e.